The van der Waals surface area contributed by atoms with Crippen molar-refractivity contribution >= 4 is 17.4 Å². The molecule has 0 aliphatic rings. The van der Waals surface area contributed by atoms with Gasteiger partial charge in [0.2, 0.25) is 11.7 Å². The molecule has 0 unspecified atom stereocenters. The number of anilines is 1. The van der Waals surface area contributed by atoms with Crippen molar-refractivity contribution in [1.29, 1.82) is 0 Å². The predicted octanol–water partition coefficient (Wildman–Crippen LogP) is 3.71. The summed E-state index contributed by atoms with van der Waals surface area (Å²) in [5, 5.41) is 7.75. The van der Waals surface area contributed by atoms with Gasteiger partial charge in [0.1, 0.15) is 5.82 Å². The molecule has 2 aromatic heterocycles. The van der Waals surface area contributed by atoms with Crippen molar-refractivity contribution < 1.29 is 4.52 Å². The van der Waals surface area contributed by atoms with Crippen LogP contribution in [-0.4, -0.2) is 15.1 Å². The highest BCUT2D eigenvalue weighted by Gasteiger charge is 2.05. The summed E-state index contributed by atoms with van der Waals surface area (Å²) >= 11 is 5.80. The Kier molecular flexibility index (Phi) is 3.83. The number of rotatable bonds is 4. The zero-order valence-electron chi connectivity index (χ0n) is 11.4. The number of hydrogen-bond donors (Lipinski definition) is 1. The molecule has 0 bridgehead atoms. The van der Waals surface area contributed by atoms with Crippen LogP contribution in [0.15, 0.2) is 47.1 Å². The van der Waals surface area contributed by atoms with Gasteiger partial charge in [0.25, 0.3) is 0 Å². The lowest BCUT2D eigenvalue weighted by Gasteiger charge is -2.06. The summed E-state index contributed by atoms with van der Waals surface area (Å²) in [6.07, 6.45) is 1.62. The van der Waals surface area contributed by atoms with E-state index in [1.165, 1.54) is 0 Å². The van der Waals surface area contributed by atoms with Gasteiger partial charge in [-0.1, -0.05) is 41.0 Å². The van der Waals surface area contributed by atoms with Crippen molar-refractivity contribution in [2.45, 2.75) is 13.5 Å². The topological polar surface area (TPSA) is 63.8 Å². The van der Waals surface area contributed by atoms with Crippen molar-refractivity contribution in [3.8, 4) is 11.4 Å². The molecule has 0 spiro atoms. The molecule has 0 aliphatic carbocycles. The van der Waals surface area contributed by atoms with E-state index < -0.39 is 0 Å². The number of hydrogen-bond acceptors (Lipinski definition) is 5. The average molecular weight is 301 g/mol. The van der Waals surface area contributed by atoms with Crippen molar-refractivity contribution in [2.24, 2.45) is 0 Å². The number of aryl methyl sites for hydroxylation is 1. The smallest absolute Gasteiger partial charge is 0.223 e. The van der Waals surface area contributed by atoms with Gasteiger partial charge in [0.05, 0.1) is 5.02 Å². The van der Waals surface area contributed by atoms with Crippen molar-refractivity contribution in [3.05, 3.63) is 59.1 Å². The van der Waals surface area contributed by atoms with Gasteiger partial charge >= 0.3 is 0 Å². The molecule has 0 fully saturated rings. The Hall–Kier alpha value is -2.40. The standard InChI is InChI=1S/C15H13ClN4O/c1-10-19-15(20-21-10)12-4-2-11(3-5-12)8-17-14-7-6-13(16)9-18-14/h2-7,9H,8H2,1H3,(H,17,18). The number of nitrogens with zero attached hydrogens (tertiary/aromatic N) is 3. The SMILES string of the molecule is Cc1nc(-c2ccc(CNc3ccc(Cl)cn3)cc2)no1. The lowest BCUT2D eigenvalue weighted by molar-refractivity contribution is 0.394. The second-order valence-electron chi connectivity index (χ2n) is 4.55. The van der Waals surface area contributed by atoms with Crippen LogP contribution in [0, 0.1) is 6.92 Å². The molecular formula is C15H13ClN4O. The van der Waals surface area contributed by atoms with Crippen LogP contribution in [0.3, 0.4) is 0 Å². The summed E-state index contributed by atoms with van der Waals surface area (Å²) < 4.78 is 4.97. The molecule has 0 aliphatic heterocycles. The zero-order chi connectivity index (χ0) is 14.7. The number of aromatic nitrogens is 3. The van der Waals surface area contributed by atoms with E-state index in [4.69, 9.17) is 16.1 Å². The molecule has 21 heavy (non-hydrogen) atoms. The van der Waals surface area contributed by atoms with E-state index in [2.05, 4.69) is 20.4 Å². The first kappa shape index (κ1) is 13.6. The molecule has 1 aromatic carbocycles. The molecular weight excluding hydrogens is 288 g/mol. The summed E-state index contributed by atoms with van der Waals surface area (Å²) in [4.78, 5) is 8.38. The van der Waals surface area contributed by atoms with Gasteiger partial charge in [-0.25, -0.2) is 4.98 Å². The number of benzene rings is 1. The van der Waals surface area contributed by atoms with E-state index in [1.807, 2.05) is 30.3 Å². The Morgan fingerprint density at radius 1 is 1.14 bits per heavy atom. The third-order valence-electron chi connectivity index (χ3n) is 2.94. The number of nitrogens with one attached hydrogen (secondary N) is 1. The molecule has 0 saturated carbocycles. The third-order valence-corrected chi connectivity index (χ3v) is 3.16. The number of halogens is 1. The molecule has 0 atom stereocenters. The Balaban J connectivity index is 1.65. The van der Waals surface area contributed by atoms with E-state index >= 15 is 0 Å². The van der Waals surface area contributed by atoms with Crippen LogP contribution in [0.4, 0.5) is 5.82 Å². The molecule has 2 heterocycles. The zero-order valence-corrected chi connectivity index (χ0v) is 12.1. The van der Waals surface area contributed by atoms with E-state index in [-0.39, 0.29) is 0 Å². The normalized spacial score (nSPS) is 10.6. The Bertz CT molecular complexity index is 722. The summed E-state index contributed by atoms with van der Waals surface area (Å²) in [6, 6.07) is 11.6. The predicted molar refractivity (Wildman–Crippen MR) is 81.0 cm³/mol. The number of pyridine rings is 1. The largest absolute Gasteiger partial charge is 0.366 e. The van der Waals surface area contributed by atoms with E-state index in [1.54, 1.807) is 19.2 Å². The van der Waals surface area contributed by atoms with Gasteiger partial charge in [-0.05, 0) is 17.7 Å². The highest BCUT2D eigenvalue weighted by Crippen LogP contribution is 2.17. The van der Waals surface area contributed by atoms with Gasteiger partial charge < -0.3 is 9.84 Å². The lowest BCUT2D eigenvalue weighted by atomic mass is 10.1. The minimum Gasteiger partial charge on any atom is -0.366 e. The average Bonchev–Trinajstić information content (AvgIpc) is 2.94. The molecule has 5 nitrogen and oxygen atoms in total. The lowest BCUT2D eigenvalue weighted by Crippen LogP contribution is -2.00. The first-order valence-electron chi connectivity index (χ1n) is 6.46. The van der Waals surface area contributed by atoms with Gasteiger partial charge in [0.15, 0.2) is 0 Å². The highest BCUT2D eigenvalue weighted by atomic mass is 35.5. The maximum atomic E-state index is 5.80. The maximum absolute atomic E-state index is 5.80. The summed E-state index contributed by atoms with van der Waals surface area (Å²) in [7, 11) is 0. The fourth-order valence-electron chi connectivity index (χ4n) is 1.86. The fraction of sp³-hybridized carbons (Fsp3) is 0.133. The summed E-state index contributed by atoms with van der Waals surface area (Å²) in [5.74, 6) is 1.95. The summed E-state index contributed by atoms with van der Waals surface area (Å²) in [5.41, 5.74) is 2.07. The molecule has 0 radical (unpaired) electrons. The van der Waals surface area contributed by atoms with E-state index in [0.29, 0.717) is 23.3 Å². The Labute approximate surface area is 127 Å². The van der Waals surface area contributed by atoms with Crippen LogP contribution in [0.5, 0.6) is 0 Å². The van der Waals surface area contributed by atoms with Crippen LogP contribution >= 0.6 is 11.6 Å². The first-order chi connectivity index (χ1) is 10.2. The van der Waals surface area contributed by atoms with E-state index in [0.717, 1.165) is 16.9 Å². The molecule has 3 rings (SSSR count). The fourth-order valence-corrected chi connectivity index (χ4v) is 1.97. The first-order valence-corrected chi connectivity index (χ1v) is 6.83. The minimum atomic E-state index is 0.560. The maximum Gasteiger partial charge on any atom is 0.223 e. The minimum absolute atomic E-state index is 0.560. The highest BCUT2D eigenvalue weighted by molar-refractivity contribution is 6.30. The Morgan fingerprint density at radius 2 is 1.95 bits per heavy atom. The second kappa shape index (κ2) is 5.93. The van der Waals surface area contributed by atoms with Crippen LogP contribution in [0.25, 0.3) is 11.4 Å². The van der Waals surface area contributed by atoms with Crippen molar-refractivity contribution in [1.82, 2.24) is 15.1 Å². The van der Waals surface area contributed by atoms with Crippen LogP contribution < -0.4 is 5.32 Å². The van der Waals surface area contributed by atoms with Crippen LogP contribution in [-0.2, 0) is 6.54 Å². The van der Waals surface area contributed by atoms with Crippen molar-refractivity contribution in [3.63, 3.8) is 0 Å². The third kappa shape index (κ3) is 3.38. The quantitative estimate of drug-likeness (QED) is 0.796. The van der Waals surface area contributed by atoms with E-state index in [9.17, 15) is 0 Å². The van der Waals surface area contributed by atoms with Gasteiger partial charge in [0, 0.05) is 25.2 Å². The van der Waals surface area contributed by atoms with Crippen molar-refractivity contribution in [2.75, 3.05) is 5.32 Å². The Morgan fingerprint density at radius 3 is 2.57 bits per heavy atom. The molecule has 0 amide bonds. The monoisotopic (exact) mass is 300 g/mol. The van der Waals surface area contributed by atoms with Crippen LogP contribution in [0.1, 0.15) is 11.5 Å². The second-order valence-corrected chi connectivity index (χ2v) is 4.99. The molecule has 1 N–H and O–H groups in total. The summed E-state index contributed by atoms with van der Waals surface area (Å²) in [6.45, 7) is 2.45. The van der Waals surface area contributed by atoms with Gasteiger partial charge in [-0.2, -0.15) is 4.98 Å². The molecule has 6 heteroatoms. The van der Waals surface area contributed by atoms with Crippen LogP contribution in [0.2, 0.25) is 5.02 Å². The van der Waals surface area contributed by atoms with Gasteiger partial charge in [-0.15, -0.1) is 0 Å². The molecule has 3 aromatic rings. The van der Waals surface area contributed by atoms with Gasteiger partial charge in [-0.3, -0.25) is 0 Å². The molecule has 0 saturated heterocycles. The molecule has 106 valence electrons.